The second-order valence-electron chi connectivity index (χ2n) is 8.02. The fourth-order valence-electron chi connectivity index (χ4n) is 2.41. The Hall–Kier alpha value is -2.62. The summed E-state index contributed by atoms with van der Waals surface area (Å²) >= 11 is 0. The topological polar surface area (TPSA) is 0 Å². The van der Waals surface area contributed by atoms with Crippen molar-refractivity contribution in [1.29, 1.82) is 0 Å². The van der Waals surface area contributed by atoms with Gasteiger partial charge in [-0.1, -0.05) is 0 Å². The van der Waals surface area contributed by atoms with Gasteiger partial charge in [-0.3, -0.25) is 0 Å². The van der Waals surface area contributed by atoms with Crippen LogP contribution in [0.25, 0.3) is 0 Å². The Morgan fingerprint density at radius 3 is 0.630 bits per heavy atom. The van der Waals surface area contributed by atoms with Gasteiger partial charge < -0.3 is 0 Å². The van der Waals surface area contributed by atoms with Gasteiger partial charge in [0.25, 0.3) is 0 Å². The molecule has 46 heavy (non-hydrogen) atoms. The summed E-state index contributed by atoms with van der Waals surface area (Å²) in [5.74, 6) is -119. The minimum absolute atomic E-state index is 4.38. The van der Waals surface area contributed by atoms with Crippen LogP contribution in [0.5, 0.6) is 0 Å². The van der Waals surface area contributed by atoms with Crippen LogP contribution >= 0.6 is 0 Å². The fourth-order valence-corrected chi connectivity index (χ4v) is 2.41. The zero-order valence-electron chi connectivity index (χ0n) is 19.3. The first kappa shape index (κ1) is 43.4. The van der Waals surface area contributed by atoms with E-state index in [1.807, 2.05) is 0 Å². The molecule has 0 unspecified atom stereocenters. The molecule has 0 aliphatic carbocycles. The summed E-state index contributed by atoms with van der Waals surface area (Å²) in [7, 11) is 0. The van der Waals surface area contributed by atoms with Crippen molar-refractivity contribution >= 4 is 0 Å². The third-order valence-corrected chi connectivity index (χ3v) is 5.13. The summed E-state index contributed by atoms with van der Waals surface area (Å²) in [6, 6.07) is 0. The lowest BCUT2D eigenvalue weighted by atomic mass is 9.84. The molecule has 0 aromatic rings. The maximum atomic E-state index is 13.6. The Labute approximate surface area is 228 Å². The van der Waals surface area contributed by atoms with Crippen LogP contribution in [-0.2, 0) is 0 Å². The molecule has 0 saturated carbocycles. The van der Waals surface area contributed by atoms with E-state index in [2.05, 4.69) is 0 Å². The van der Waals surface area contributed by atoms with Gasteiger partial charge in [0, 0.05) is 0 Å². The Balaban J connectivity index is 7.56. The summed E-state index contributed by atoms with van der Waals surface area (Å²) in [5, 5.41) is 0. The van der Waals surface area contributed by atoms with Crippen LogP contribution in [0.3, 0.4) is 0 Å². The van der Waals surface area contributed by atoms with Crippen molar-refractivity contribution in [3.8, 4) is 0 Å². The van der Waals surface area contributed by atoms with E-state index in [-0.39, 0.29) is 0 Å². The Bertz CT molecular complexity index is 1200. The van der Waals surface area contributed by atoms with E-state index in [1.54, 1.807) is 0 Å². The Kier molecular flexibility index (Phi) is 10.3. The van der Waals surface area contributed by atoms with Crippen molar-refractivity contribution in [2.75, 3.05) is 0 Å². The summed E-state index contributed by atoms with van der Waals surface area (Å²) in [6.45, 7) is 0. The molecule has 0 aromatic heterocycles. The molecule has 0 atom stereocenters. The van der Waals surface area contributed by atoms with Gasteiger partial charge in [-0.2, -0.15) is 123 Å². The van der Waals surface area contributed by atoms with Gasteiger partial charge in [-0.25, -0.2) is 8.78 Å². The third-order valence-electron chi connectivity index (χ3n) is 5.13. The lowest BCUT2D eigenvalue weighted by Gasteiger charge is -2.45. The van der Waals surface area contributed by atoms with E-state index in [0.717, 1.165) is 0 Å². The van der Waals surface area contributed by atoms with Crippen LogP contribution in [0.2, 0.25) is 0 Å². The average Bonchev–Trinajstić information content (AvgIpc) is 2.85. The Morgan fingerprint density at radius 1 is 0.239 bits per heavy atom. The molecular formula is C16F30. The smallest absolute Gasteiger partial charge is 0.201 e. The van der Waals surface area contributed by atoms with E-state index in [1.165, 1.54) is 0 Å². The molecule has 0 rings (SSSR count). The standard InChI is InChI=1S/C16F30/c17-1(2(18)4(20)21)3(19)5(22,23)6(24,25)7(26,27)8(28,29)9(30,31)10(32,33)11(34,35)12(36,37)13(38,39)14(40,41)15(42,43)16(44,45)46. The lowest BCUT2D eigenvalue weighted by molar-refractivity contribution is -0.481. The van der Waals surface area contributed by atoms with Gasteiger partial charge in [0.05, 0.1) is 0 Å². The molecule has 274 valence electrons. The van der Waals surface area contributed by atoms with Crippen LogP contribution in [0.1, 0.15) is 0 Å². The van der Waals surface area contributed by atoms with Crippen molar-refractivity contribution in [3.05, 3.63) is 23.6 Å². The fraction of sp³-hybridized carbons (Fsp3) is 0.750. The van der Waals surface area contributed by atoms with Gasteiger partial charge in [0.15, 0.2) is 0 Å². The minimum atomic E-state index is -9.90. The monoisotopic (exact) mass is 762 g/mol. The number of alkyl halides is 25. The summed E-state index contributed by atoms with van der Waals surface area (Å²) < 4.78 is 393. The number of hydrogen-bond donors (Lipinski definition) is 0. The van der Waals surface area contributed by atoms with Gasteiger partial charge >= 0.3 is 77.4 Å². The second-order valence-corrected chi connectivity index (χ2v) is 8.02. The Morgan fingerprint density at radius 2 is 0.435 bits per heavy atom. The first-order chi connectivity index (χ1) is 19.4. The van der Waals surface area contributed by atoms with Gasteiger partial charge in [-0.05, 0) is 0 Å². The van der Waals surface area contributed by atoms with Crippen LogP contribution in [0, 0.1) is 0 Å². The molecule has 0 saturated heterocycles. The normalized spacial score (nSPS) is 16.8. The van der Waals surface area contributed by atoms with Crippen molar-refractivity contribution in [1.82, 2.24) is 0 Å². The highest BCUT2D eigenvalue weighted by molar-refractivity contribution is 5.30. The number of halogens is 30. The minimum Gasteiger partial charge on any atom is -0.201 e. The third kappa shape index (κ3) is 5.16. The maximum Gasteiger partial charge on any atom is 0.460 e. The highest BCUT2D eigenvalue weighted by Crippen LogP contribution is 2.68. The molecular weight excluding hydrogens is 762 g/mol. The molecule has 0 heterocycles. The summed E-state index contributed by atoms with van der Waals surface area (Å²) in [4.78, 5) is 0. The molecule has 0 bridgehead atoms. The van der Waals surface area contributed by atoms with Crippen LogP contribution in [-0.4, -0.2) is 71.3 Å². The number of hydrogen-bond acceptors (Lipinski definition) is 0. The second kappa shape index (κ2) is 11.0. The zero-order valence-corrected chi connectivity index (χ0v) is 19.3. The zero-order chi connectivity index (χ0) is 38.3. The van der Waals surface area contributed by atoms with E-state index < -0.39 is 94.9 Å². The predicted molar refractivity (Wildman–Crippen MR) is 80.1 cm³/mol. The summed E-state index contributed by atoms with van der Waals surface area (Å²) in [6.07, 6.45) is -12.7. The number of allylic oxidation sites excluding steroid dienone is 3. The largest absolute Gasteiger partial charge is 0.460 e. The lowest BCUT2D eigenvalue weighted by Crippen LogP contribution is -2.78. The highest BCUT2D eigenvalue weighted by Gasteiger charge is 2.99. The molecule has 0 fully saturated rings. The first-order valence-electron chi connectivity index (χ1n) is 9.42. The van der Waals surface area contributed by atoms with Crippen molar-refractivity contribution in [3.63, 3.8) is 0 Å². The summed E-state index contributed by atoms with van der Waals surface area (Å²) in [5.41, 5.74) is 0. The molecule has 0 radical (unpaired) electrons. The van der Waals surface area contributed by atoms with Crippen LogP contribution in [0.15, 0.2) is 23.6 Å². The predicted octanol–water partition coefficient (Wildman–Crippen LogP) is 10.8. The molecule has 0 aliphatic rings. The molecule has 30 heteroatoms. The van der Waals surface area contributed by atoms with Crippen molar-refractivity contribution < 1.29 is 132 Å². The van der Waals surface area contributed by atoms with Gasteiger partial charge in [0.2, 0.25) is 17.5 Å². The quantitative estimate of drug-likeness (QED) is 0.137. The molecule has 0 amide bonds. The van der Waals surface area contributed by atoms with Crippen molar-refractivity contribution in [2.24, 2.45) is 0 Å². The van der Waals surface area contributed by atoms with Crippen LogP contribution in [0.4, 0.5) is 132 Å². The molecule has 0 spiro atoms. The van der Waals surface area contributed by atoms with Gasteiger partial charge in [-0.15, -0.1) is 0 Å². The number of rotatable bonds is 12. The van der Waals surface area contributed by atoms with Crippen LogP contribution < -0.4 is 0 Å². The molecule has 0 N–H and O–H groups in total. The maximum absolute atomic E-state index is 13.6. The first-order valence-corrected chi connectivity index (χ1v) is 9.42. The van der Waals surface area contributed by atoms with Gasteiger partial charge in [0.1, 0.15) is 0 Å². The highest BCUT2D eigenvalue weighted by atomic mass is 19.4. The van der Waals surface area contributed by atoms with E-state index in [0.29, 0.717) is 0 Å². The van der Waals surface area contributed by atoms with E-state index in [9.17, 15) is 132 Å². The molecule has 0 nitrogen and oxygen atoms in total. The average molecular weight is 762 g/mol. The molecule has 0 aromatic carbocycles. The van der Waals surface area contributed by atoms with E-state index in [4.69, 9.17) is 0 Å². The molecule has 0 aliphatic heterocycles. The SMILES string of the molecule is FC(F)=C(F)C(F)=C(F)C(F)(F)C(F)(F)C(F)(F)C(F)(F)C(F)(F)C(F)(F)C(F)(F)C(F)(F)C(F)(F)C(F)(F)C(F)(F)C(F)(F)F. The van der Waals surface area contributed by atoms with E-state index >= 15 is 0 Å². The van der Waals surface area contributed by atoms with Crippen molar-refractivity contribution in [2.45, 2.75) is 71.3 Å².